The van der Waals surface area contributed by atoms with Crippen molar-refractivity contribution in [3.8, 4) is 0 Å². The number of hydrogen-bond donors (Lipinski definition) is 2. The molecule has 0 atom stereocenters. The molecule has 5 nitrogen and oxygen atoms in total. The quantitative estimate of drug-likeness (QED) is 0.817. The van der Waals surface area contributed by atoms with Gasteiger partial charge in [-0.05, 0) is 30.3 Å². The van der Waals surface area contributed by atoms with Crippen molar-refractivity contribution in [3.63, 3.8) is 0 Å². The summed E-state index contributed by atoms with van der Waals surface area (Å²) in [5.41, 5.74) is 5.70. The number of aromatic nitrogens is 1. The number of nitrogens with two attached hydrogens (primary N) is 1. The zero-order chi connectivity index (χ0) is 15.6. The van der Waals surface area contributed by atoms with Crippen molar-refractivity contribution in [1.82, 2.24) is 4.98 Å². The van der Waals surface area contributed by atoms with Crippen LogP contribution in [0.15, 0.2) is 41.4 Å². The summed E-state index contributed by atoms with van der Waals surface area (Å²) in [6, 6.07) is 7.23. The molecule has 110 valence electrons. The van der Waals surface area contributed by atoms with Crippen molar-refractivity contribution in [2.24, 2.45) is 5.73 Å². The molecule has 0 aliphatic carbocycles. The lowest BCUT2D eigenvalue weighted by molar-refractivity contribution is 0.600. The van der Waals surface area contributed by atoms with E-state index in [4.69, 9.17) is 41.2 Å². The molecule has 0 radical (unpaired) electrons. The third-order valence-electron chi connectivity index (χ3n) is 2.47. The molecule has 21 heavy (non-hydrogen) atoms. The normalized spacial score (nSPS) is 11.1. The summed E-state index contributed by atoms with van der Waals surface area (Å²) in [7, 11) is -3.93. The third kappa shape index (κ3) is 3.62. The van der Waals surface area contributed by atoms with E-state index in [2.05, 4.69) is 9.71 Å². The van der Waals surface area contributed by atoms with Crippen LogP contribution in [0.2, 0.25) is 10.0 Å². The minimum absolute atomic E-state index is 0.0186. The molecule has 0 amide bonds. The summed E-state index contributed by atoms with van der Waals surface area (Å²) < 4.78 is 27.2. The van der Waals surface area contributed by atoms with Gasteiger partial charge < -0.3 is 5.73 Å². The second-order valence-electron chi connectivity index (χ2n) is 3.94. The van der Waals surface area contributed by atoms with Crippen molar-refractivity contribution in [1.29, 1.82) is 0 Å². The molecular formula is C12H9Cl2N3O2S2. The highest BCUT2D eigenvalue weighted by atomic mass is 35.5. The number of hydrogen-bond acceptors (Lipinski definition) is 4. The van der Waals surface area contributed by atoms with Crippen LogP contribution >= 0.6 is 35.4 Å². The zero-order valence-corrected chi connectivity index (χ0v) is 13.5. The van der Waals surface area contributed by atoms with Gasteiger partial charge in [-0.2, -0.15) is 0 Å². The number of benzene rings is 1. The first-order valence-electron chi connectivity index (χ1n) is 5.54. The Morgan fingerprint density at radius 1 is 1.29 bits per heavy atom. The minimum atomic E-state index is -3.93. The van der Waals surface area contributed by atoms with Gasteiger partial charge in [0.15, 0.2) is 0 Å². The molecule has 0 fully saturated rings. The molecule has 0 saturated carbocycles. The summed E-state index contributed by atoms with van der Waals surface area (Å²) in [6.07, 6.45) is 1.41. The van der Waals surface area contributed by atoms with E-state index in [1.54, 1.807) is 0 Å². The van der Waals surface area contributed by atoms with E-state index >= 15 is 0 Å². The van der Waals surface area contributed by atoms with E-state index in [1.807, 2.05) is 0 Å². The Morgan fingerprint density at radius 2 is 2.00 bits per heavy atom. The molecule has 2 rings (SSSR count). The number of halogens is 2. The smallest absolute Gasteiger partial charge is 0.264 e. The molecule has 0 bridgehead atoms. The van der Waals surface area contributed by atoms with Crippen LogP contribution in [0, 0.1) is 0 Å². The Morgan fingerprint density at radius 3 is 2.62 bits per heavy atom. The predicted octanol–water partition coefficient (Wildman–Crippen LogP) is 2.82. The highest BCUT2D eigenvalue weighted by molar-refractivity contribution is 7.93. The Labute approximate surface area is 137 Å². The highest BCUT2D eigenvalue weighted by Crippen LogP contribution is 2.28. The second-order valence-corrected chi connectivity index (χ2v) is 6.88. The van der Waals surface area contributed by atoms with Crippen molar-refractivity contribution in [2.75, 3.05) is 4.72 Å². The van der Waals surface area contributed by atoms with Crippen LogP contribution < -0.4 is 10.5 Å². The maximum absolute atomic E-state index is 12.4. The summed E-state index contributed by atoms with van der Waals surface area (Å²) in [4.78, 5) is 3.65. The Hall–Kier alpha value is -1.41. The number of anilines is 1. The molecule has 0 saturated heterocycles. The van der Waals surface area contributed by atoms with Crippen molar-refractivity contribution in [3.05, 3.63) is 52.3 Å². The number of thiocarbonyl (C=S) groups is 1. The first-order valence-corrected chi connectivity index (χ1v) is 8.18. The average molecular weight is 362 g/mol. The molecule has 1 heterocycles. The topological polar surface area (TPSA) is 85.1 Å². The van der Waals surface area contributed by atoms with Gasteiger partial charge in [-0.25, -0.2) is 8.42 Å². The predicted molar refractivity (Wildman–Crippen MR) is 87.4 cm³/mol. The lowest BCUT2D eigenvalue weighted by Gasteiger charge is -2.12. The second kappa shape index (κ2) is 6.15. The standard InChI is InChI=1S/C12H9Cl2N3O2S2/c13-7-3-4-9(8(14)6-7)17-21(18,19)10-2-1-5-16-11(10)12(15)20/h1-6,17H,(H2,15,20). The first kappa shape index (κ1) is 16.0. The maximum Gasteiger partial charge on any atom is 0.264 e. The number of rotatable bonds is 4. The van der Waals surface area contributed by atoms with E-state index in [0.29, 0.717) is 5.02 Å². The van der Waals surface area contributed by atoms with E-state index in [9.17, 15) is 8.42 Å². The molecule has 0 spiro atoms. The monoisotopic (exact) mass is 361 g/mol. The number of sulfonamides is 1. The van der Waals surface area contributed by atoms with Gasteiger partial charge in [-0.15, -0.1) is 0 Å². The third-order valence-corrected chi connectivity index (χ3v) is 4.61. The lowest BCUT2D eigenvalue weighted by Crippen LogP contribution is -2.21. The number of pyridine rings is 1. The maximum atomic E-state index is 12.4. The molecule has 0 aliphatic rings. The summed E-state index contributed by atoms with van der Waals surface area (Å²) in [5.74, 6) is 0. The van der Waals surface area contributed by atoms with Crippen LogP contribution in [-0.2, 0) is 10.0 Å². The first-order chi connectivity index (χ1) is 9.81. The van der Waals surface area contributed by atoms with Gasteiger partial charge in [0.05, 0.1) is 10.7 Å². The van der Waals surface area contributed by atoms with Crippen molar-refractivity contribution in [2.45, 2.75) is 4.90 Å². The molecular weight excluding hydrogens is 353 g/mol. The lowest BCUT2D eigenvalue weighted by atomic mass is 10.3. The van der Waals surface area contributed by atoms with E-state index in [-0.39, 0.29) is 26.3 Å². The minimum Gasteiger partial charge on any atom is -0.388 e. The van der Waals surface area contributed by atoms with Crippen LogP contribution in [0.3, 0.4) is 0 Å². The Kier molecular flexibility index (Phi) is 4.67. The fraction of sp³-hybridized carbons (Fsp3) is 0. The highest BCUT2D eigenvalue weighted by Gasteiger charge is 2.21. The van der Waals surface area contributed by atoms with Crippen molar-refractivity contribution < 1.29 is 8.42 Å². The summed E-state index contributed by atoms with van der Waals surface area (Å²) in [6.45, 7) is 0. The SMILES string of the molecule is NC(=S)c1ncccc1S(=O)(=O)Nc1ccc(Cl)cc1Cl. The summed E-state index contributed by atoms with van der Waals surface area (Å²) >= 11 is 16.5. The zero-order valence-electron chi connectivity index (χ0n) is 10.4. The van der Waals surface area contributed by atoms with Gasteiger partial charge in [0.1, 0.15) is 15.6 Å². The fourth-order valence-electron chi connectivity index (χ4n) is 1.56. The molecule has 9 heteroatoms. The fourth-order valence-corrected chi connectivity index (χ4v) is 3.56. The molecule has 0 aliphatic heterocycles. The number of nitrogens with zero attached hydrogens (tertiary/aromatic N) is 1. The molecule has 1 aromatic heterocycles. The van der Waals surface area contributed by atoms with E-state index in [1.165, 1.54) is 36.5 Å². The van der Waals surface area contributed by atoms with Gasteiger partial charge in [-0.3, -0.25) is 9.71 Å². The van der Waals surface area contributed by atoms with Gasteiger partial charge in [0.25, 0.3) is 10.0 Å². The van der Waals surface area contributed by atoms with Crippen LogP contribution in [-0.4, -0.2) is 18.4 Å². The largest absolute Gasteiger partial charge is 0.388 e. The Bertz CT molecular complexity index is 810. The van der Waals surface area contributed by atoms with Gasteiger partial charge in [0.2, 0.25) is 0 Å². The van der Waals surface area contributed by atoms with Crippen LogP contribution in [0.25, 0.3) is 0 Å². The van der Waals surface area contributed by atoms with Crippen LogP contribution in [0.1, 0.15) is 5.69 Å². The Balaban J connectivity index is 2.46. The molecule has 2 aromatic rings. The number of nitrogens with one attached hydrogen (secondary N) is 1. The van der Waals surface area contributed by atoms with Gasteiger partial charge >= 0.3 is 0 Å². The van der Waals surface area contributed by atoms with E-state index in [0.717, 1.165) is 0 Å². The van der Waals surface area contributed by atoms with E-state index < -0.39 is 10.0 Å². The van der Waals surface area contributed by atoms with Gasteiger partial charge in [0, 0.05) is 11.2 Å². The van der Waals surface area contributed by atoms with Crippen LogP contribution in [0.4, 0.5) is 5.69 Å². The summed E-state index contributed by atoms with van der Waals surface area (Å²) in [5, 5.41) is 0.569. The molecule has 0 unspecified atom stereocenters. The molecule has 3 N–H and O–H groups in total. The average Bonchev–Trinajstić information content (AvgIpc) is 2.42. The van der Waals surface area contributed by atoms with Crippen molar-refractivity contribution >= 4 is 56.1 Å². The van der Waals surface area contributed by atoms with Gasteiger partial charge in [-0.1, -0.05) is 35.4 Å². The van der Waals surface area contributed by atoms with Crippen LogP contribution in [0.5, 0.6) is 0 Å². The molecule has 1 aromatic carbocycles.